The number of hydrogen-bond acceptors (Lipinski definition) is 4. The lowest BCUT2D eigenvalue weighted by Crippen LogP contribution is -2.72. The molecule has 1 spiro atoms. The van der Waals surface area contributed by atoms with Gasteiger partial charge in [-0.15, -0.1) is 24.0 Å². The van der Waals surface area contributed by atoms with Crippen LogP contribution in [-0.2, 0) is 11.3 Å². The summed E-state index contributed by atoms with van der Waals surface area (Å²) in [6.45, 7) is 1.40. The average Bonchev–Trinajstić information content (AvgIpc) is 3.01. The van der Waals surface area contributed by atoms with E-state index in [4.69, 9.17) is 19.9 Å². The van der Waals surface area contributed by atoms with E-state index >= 15 is 0 Å². The van der Waals surface area contributed by atoms with E-state index in [1.165, 1.54) is 19.3 Å². The minimum atomic E-state index is 0. The summed E-state index contributed by atoms with van der Waals surface area (Å²) in [5.74, 6) is 2.54. The lowest BCUT2D eigenvalue weighted by molar-refractivity contribution is -0.171. The largest absolute Gasteiger partial charge is 0.493 e. The predicted molar refractivity (Wildman–Crippen MR) is 111 cm³/mol. The molecular formula is C19H28IN3O3. The van der Waals surface area contributed by atoms with Gasteiger partial charge in [-0.3, -0.25) is 0 Å². The molecule has 3 atom stereocenters. The molecule has 144 valence electrons. The van der Waals surface area contributed by atoms with E-state index in [9.17, 15) is 0 Å². The normalized spacial score (nSPS) is 28.4. The highest BCUT2D eigenvalue weighted by atomic mass is 127. The second-order valence-corrected chi connectivity index (χ2v) is 7.34. The third kappa shape index (κ3) is 3.13. The van der Waals surface area contributed by atoms with Gasteiger partial charge in [0.1, 0.15) is 0 Å². The fourth-order valence-electron chi connectivity index (χ4n) is 4.82. The molecule has 3 fully saturated rings. The number of rotatable bonds is 5. The summed E-state index contributed by atoms with van der Waals surface area (Å²) < 4.78 is 16.6. The number of nitrogens with zero attached hydrogens (tertiary/aromatic N) is 1. The van der Waals surface area contributed by atoms with Gasteiger partial charge in [-0.05, 0) is 37.0 Å². The Morgan fingerprint density at radius 3 is 2.73 bits per heavy atom. The highest BCUT2D eigenvalue weighted by molar-refractivity contribution is 14.0. The second kappa shape index (κ2) is 7.80. The zero-order chi connectivity index (χ0) is 17.4. The molecule has 3 unspecified atom stereocenters. The summed E-state index contributed by atoms with van der Waals surface area (Å²) in [5, 5.41) is 3.49. The van der Waals surface area contributed by atoms with Crippen LogP contribution in [0.15, 0.2) is 23.2 Å². The number of aliphatic imine (C=N–C) groups is 1. The molecule has 2 aliphatic carbocycles. The highest BCUT2D eigenvalue weighted by Crippen LogP contribution is 2.62. The number of hydrogen-bond donors (Lipinski definition) is 2. The molecule has 1 aromatic carbocycles. The molecule has 0 aromatic heterocycles. The SMILES string of the molecule is COc1ccc(CN=C(N)NC2C3CCOC3C23CCC3)cc1OC.I. The maximum absolute atomic E-state index is 6.18. The lowest BCUT2D eigenvalue weighted by atomic mass is 9.46. The topological polar surface area (TPSA) is 78.1 Å². The molecular weight excluding hydrogens is 445 g/mol. The molecule has 4 rings (SSSR count). The standard InChI is InChI=1S/C19H27N3O3.HI/c1-23-14-5-4-12(10-15(14)24-2)11-21-18(20)22-16-13-6-9-25-17(13)19(16)7-3-8-19;/h4-5,10,13,16-17H,3,6-9,11H2,1-2H3,(H3,20,21,22);1H. The van der Waals surface area contributed by atoms with Crippen LogP contribution in [-0.4, -0.2) is 38.9 Å². The van der Waals surface area contributed by atoms with Gasteiger partial charge in [0.2, 0.25) is 0 Å². The van der Waals surface area contributed by atoms with E-state index in [1.807, 2.05) is 18.2 Å². The number of guanidine groups is 1. The van der Waals surface area contributed by atoms with Crippen molar-refractivity contribution in [2.24, 2.45) is 22.1 Å². The van der Waals surface area contributed by atoms with Crippen LogP contribution in [0.25, 0.3) is 0 Å². The number of fused-ring (bicyclic) bond motifs is 2. The molecule has 6 nitrogen and oxygen atoms in total. The van der Waals surface area contributed by atoms with Crippen LogP contribution >= 0.6 is 24.0 Å². The van der Waals surface area contributed by atoms with Gasteiger partial charge in [-0.2, -0.15) is 0 Å². The van der Waals surface area contributed by atoms with E-state index in [-0.39, 0.29) is 24.0 Å². The van der Waals surface area contributed by atoms with Gasteiger partial charge in [-0.25, -0.2) is 4.99 Å². The van der Waals surface area contributed by atoms with Crippen LogP contribution in [0.5, 0.6) is 11.5 Å². The molecule has 1 aliphatic heterocycles. The Kier molecular flexibility index (Phi) is 5.86. The maximum Gasteiger partial charge on any atom is 0.189 e. The first-order chi connectivity index (χ1) is 12.2. The van der Waals surface area contributed by atoms with Crippen LogP contribution in [0, 0.1) is 11.3 Å². The van der Waals surface area contributed by atoms with E-state index in [1.54, 1.807) is 14.2 Å². The van der Waals surface area contributed by atoms with E-state index in [0.29, 0.717) is 41.7 Å². The Balaban J connectivity index is 0.00000196. The first-order valence-electron chi connectivity index (χ1n) is 9.07. The van der Waals surface area contributed by atoms with Gasteiger partial charge < -0.3 is 25.3 Å². The van der Waals surface area contributed by atoms with Crippen molar-refractivity contribution in [3.63, 3.8) is 0 Å². The average molecular weight is 473 g/mol. The Labute approximate surface area is 171 Å². The minimum absolute atomic E-state index is 0. The molecule has 1 aromatic rings. The van der Waals surface area contributed by atoms with Crippen LogP contribution in [0.4, 0.5) is 0 Å². The summed E-state index contributed by atoms with van der Waals surface area (Å²) in [4.78, 5) is 4.53. The Morgan fingerprint density at radius 1 is 1.31 bits per heavy atom. The van der Waals surface area contributed by atoms with Gasteiger partial charge in [0.05, 0.1) is 26.9 Å². The molecule has 26 heavy (non-hydrogen) atoms. The molecule has 2 saturated carbocycles. The van der Waals surface area contributed by atoms with Crippen LogP contribution in [0.3, 0.4) is 0 Å². The number of halogens is 1. The molecule has 1 saturated heterocycles. The summed E-state index contributed by atoms with van der Waals surface area (Å²) >= 11 is 0. The number of nitrogens with two attached hydrogens (primary N) is 1. The van der Waals surface area contributed by atoms with E-state index in [2.05, 4.69) is 10.3 Å². The zero-order valence-electron chi connectivity index (χ0n) is 15.4. The van der Waals surface area contributed by atoms with Crippen molar-refractivity contribution in [2.75, 3.05) is 20.8 Å². The molecule has 1 heterocycles. The summed E-state index contributed by atoms with van der Waals surface area (Å²) in [6, 6.07) is 6.23. The fraction of sp³-hybridized carbons (Fsp3) is 0.632. The van der Waals surface area contributed by atoms with Crippen molar-refractivity contribution in [3.8, 4) is 11.5 Å². The lowest BCUT2D eigenvalue weighted by Gasteiger charge is -2.63. The van der Waals surface area contributed by atoms with E-state index < -0.39 is 0 Å². The molecule has 0 amide bonds. The quantitative estimate of drug-likeness (QED) is 0.391. The van der Waals surface area contributed by atoms with E-state index in [0.717, 1.165) is 24.3 Å². The highest BCUT2D eigenvalue weighted by Gasteiger charge is 2.66. The van der Waals surface area contributed by atoms with Gasteiger partial charge in [-0.1, -0.05) is 12.5 Å². The first-order valence-corrected chi connectivity index (χ1v) is 9.07. The number of benzene rings is 1. The third-order valence-electron chi connectivity index (χ3n) is 6.22. The van der Waals surface area contributed by atoms with Crippen molar-refractivity contribution in [3.05, 3.63) is 23.8 Å². The third-order valence-corrected chi connectivity index (χ3v) is 6.22. The fourth-order valence-corrected chi connectivity index (χ4v) is 4.82. The maximum atomic E-state index is 6.18. The number of nitrogens with one attached hydrogen (secondary N) is 1. The Morgan fingerprint density at radius 2 is 2.08 bits per heavy atom. The zero-order valence-corrected chi connectivity index (χ0v) is 17.7. The number of ether oxygens (including phenoxy) is 3. The molecule has 7 heteroatoms. The van der Waals surface area contributed by atoms with Gasteiger partial charge in [0, 0.05) is 24.0 Å². The summed E-state index contributed by atoms with van der Waals surface area (Å²) in [5.41, 5.74) is 7.53. The van der Waals surface area contributed by atoms with Gasteiger partial charge in [0.25, 0.3) is 0 Å². The van der Waals surface area contributed by atoms with Crippen LogP contribution < -0.4 is 20.5 Å². The van der Waals surface area contributed by atoms with Crippen molar-refractivity contribution in [1.82, 2.24) is 5.32 Å². The van der Waals surface area contributed by atoms with Crippen molar-refractivity contribution >= 4 is 29.9 Å². The summed E-state index contributed by atoms with van der Waals surface area (Å²) in [6.07, 6.45) is 5.36. The van der Waals surface area contributed by atoms with Crippen molar-refractivity contribution in [1.29, 1.82) is 0 Å². The predicted octanol–water partition coefficient (Wildman–Crippen LogP) is 2.68. The Bertz CT molecular complexity index is 678. The van der Waals surface area contributed by atoms with Crippen molar-refractivity contribution in [2.45, 2.75) is 44.4 Å². The smallest absolute Gasteiger partial charge is 0.189 e. The van der Waals surface area contributed by atoms with Crippen LogP contribution in [0.1, 0.15) is 31.2 Å². The van der Waals surface area contributed by atoms with Gasteiger partial charge in [0.15, 0.2) is 17.5 Å². The molecule has 3 N–H and O–H groups in total. The molecule has 0 bridgehead atoms. The number of methoxy groups -OCH3 is 2. The molecule has 3 aliphatic rings. The minimum Gasteiger partial charge on any atom is -0.493 e. The monoisotopic (exact) mass is 473 g/mol. The van der Waals surface area contributed by atoms with Crippen molar-refractivity contribution < 1.29 is 14.2 Å². The molecule has 0 radical (unpaired) electrons. The first kappa shape index (κ1) is 19.5. The van der Waals surface area contributed by atoms with Gasteiger partial charge >= 0.3 is 0 Å². The summed E-state index contributed by atoms with van der Waals surface area (Å²) in [7, 11) is 3.27. The second-order valence-electron chi connectivity index (χ2n) is 7.34. The Hall–Kier alpha value is -1.22. The van der Waals surface area contributed by atoms with Crippen LogP contribution in [0.2, 0.25) is 0 Å².